The Hall–Kier alpha value is -2.42. The third-order valence-corrected chi connectivity index (χ3v) is 3.26. The number of benzene rings is 2. The number of hydrogen-bond donors (Lipinski definition) is 1. The minimum atomic E-state index is -0.212. The molecule has 0 aliphatic heterocycles. The molecule has 0 aliphatic rings. The van der Waals surface area contributed by atoms with Crippen molar-refractivity contribution in [3.63, 3.8) is 0 Å². The van der Waals surface area contributed by atoms with E-state index in [1.165, 1.54) is 12.1 Å². The number of anilines is 1. The van der Waals surface area contributed by atoms with E-state index in [-0.39, 0.29) is 5.82 Å². The third kappa shape index (κ3) is 2.62. The van der Waals surface area contributed by atoms with Crippen LogP contribution in [0.15, 0.2) is 54.6 Å². The van der Waals surface area contributed by atoms with Crippen LogP contribution in [0, 0.1) is 12.7 Å². The molecule has 0 bridgehead atoms. The van der Waals surface area contributed by atoms with Crippen LogP contribution in [0.5, 0.6) is 0 Å². The quantitative estimate of drug-likeness (QED) is 0.764. The molecule has 0 aliphatic carbocycles. The Morgan fingerprint density at radius 2 is 1.80 bits per heavy atom. The molecular formula is C17H15FN2. The molecule has 3 aromatic rings. The van der Waals surface area contributed by atoms with Crippen molar-refractivity contribution in [2.45, 2.75) is 13.5 Å². The molecule has 3 heteroatoms. The first-order chi connectivity index (χ1) is 9.72. The summed E-state index contributed by atoms with van der Waals surface area (Å²) in [6.07, 6.45) is 0. The van der Waals surface area contributed by atoms with E-state index in [1.54, 1.807) is 12.1 Å². The highest BCUT2D eigenvalue weighted by atomic mass is 19.1. The Bertz CT molecular complexity index is 736. The lowest BCUT2D eigenvalue weighted by atomic mass is 10.1. The number of para-hydroxylation sites is 1. The summed E-state index contributed by atoms with van der Waals surface area (Å²) in [7, 11) is 0. The van der Waals surface area contributed by atoms with Crippen molar-refractivity contribution in [3.8, 4) is 0 Å². The molecule has 2 nitrogen and oxygen atoms in total. The summed E-state index contributed by atoms with van der Waals surface area (Å²) >= 11 is 0. The van der Waals surface area contributed by atoms with Crippen LogP contribution in [-0.2, 0) is 6.54 Å². The van der Waals surface area contributed by atoms with Gasteiger partial charge in [0.1, 0.15) is 5.82 Å². The molecule has 0 unspecified atom stereocenters. The molecule has 1 aromatic heterocycles. The van der Waals surface area contributed by atoms with Crippen molar-refractivity contribution in [3.05, 3.63) is 71.7 Å². The SMILES string of the molecule is Cc1ccc2cccc(NCc3ccc(F)cc3)c2n1. The number of halogens is 1. The number of hydrogen-bond acceptors (Lipinski definition) is 2. The van der Waals surface area contributed by atoms with Gasteiger partial charge in [0.2, 0.25) is 0 Å². The average Bonchev–Trinajstić information content (AvgIpc) is 2.47. The molecule has 1 heterocycles. The van der Waals surface area contributed by atoms with Gasteiger partial charge < -0.3 is 5.32 Å². The van der Waals surface area contributed by atoms with E-state index in [4.69, 9.17) is 0 Å². The van der Waals surface area contributed by atoms with E-state index in [9.17, 15) is 4.39 Å². The van der Waals surface area contributed by atoms with Gasteiger partial charge in [0.15, 0.2) is 0 Å². The summed E-state index contributed by atoms with van der Waals surface area (Å²) in [5.74, 6) is -0.212. The van der Waals surface area contributed by atoms with Gasteiger partial charge in [0.25, 0.3) is 0 Å². The number of rotatable bonds is 3. The Labute approximate surface area is 117 Å². The van der Waals surface area contributed by atoms with Gasteiger partial charge in [-0.3, -0.25) is 4.98 Å². The van der Waals surface area contributed by atoms with Crippen LogP contribution in [0.25, 0.3) is 10.9 Å². The van der Waals surface area contributed by atoms with E-state index >= 15 is 0 Å². The van der Waals surface area contributed by atoms with Gasteiger partial charge in [-0.15, -0.1) is 0 Å². The molecule has 0 saturated heterocycles. The average molecular weight is 266 g/mol. The zero-order valence-electron chi connectivity index (χ0n) is 11.2. The Balaban J connectivity index is 1.87. The fourth-order valence-corrected chi connectivity index (χ4v) is 2.19. The van der Waals surface area contributed by atoms with Crippen LogP contribution in [-0.4, -0.2) is 4.98 Å². The van der Waals surface area contributed by atoms with Gasteiger partial charge >= 0.3 is 0 Å². The van der Waals surface area contributed by atoms with Crippen LogP contribution in [0.1, 0.15) is 11.3 Å². The van der Waals surface area contributed by atoms with Gasteiger partial charge in [0.05, 0.1) is 11.2 Å². The van der Waals surface area contributed by atoms with Gasteiger partial charge in [-0.25, -0.2) is 4.39 Å². The van der Waals surface area contributed by atoms with Crippen LogP contribution in [0.3, 0.4) is 0 Å². The normalized spacial score (nSPS) is 10.7. The predicted molar refractivity (Wildman–Crippen MR) is 80.2 cm³/mol. The van der Waals surface area contributed by atoms with E-state index < -0.39 is 0 Å². The first-order valence-electron chi connectivity index (χ1n) is 6.57. The van der Waals surface area contributed by atoms with Gasteiger partial charge in [-0.2, -0.15) is 0 Å². The summed E-state index contributed by atoms with van der Waals surface area (Å²) in [4.78, 5) is 4.58. The summed E-state index contributed by atoms with van der Waals surface area (Å²) in [5.41, 5.74) is 4.00. The molecule has 100 valence electrons. The van der Waals surface area contributed by atoms with Crippen molar-refractivity contribution in [1.82, 2.24) is 4.98 Å². The molecule has 3 rings (SSSR count). The molecule has 0 spiro atoms. The number of fused-ring (bicyclic) bond motifs is 1. The Morgan fingerprint density at radius 3 is 2.60 bits per heavy atom. The predicted octanol–water partition coefficient (Wildman–Crippen LogP) is 4.29. The van der Waals surface area contributed by atoms with Crippen molar-refractivity contribution in [2.75, 3.05) is 5.32 Å². The highest BCUT2D eigenvalue weighted by Crippen LogP contribution is 2.22. The third-order valence-electron chi connectivity index (χ3n) is 3.26. The zero-order chi connectivity index (χ0) is 13.9. The van der Waals surface area contributed by atoms with E-state index in [1.807, 2.05) is 31.2 Å². The minimum Gasteiger partial charge on any atom is -0.379 e. The van der Waals surface area contributed by atoms with E-state index in [0.717, 1.165) is 27.8 Å². The van der Waals surface area contributed by atoms with Crippen molar-refractivity contribution in [1.29, 1.82) is 0 Å². The fraction of sp³-hybridized carbons (Fsp3) is 0.118. The number of aryl methyl sites for hydroxylation is 1. The van der Waals surface area contributed by atoms with Crippen LogP contribution >= 0.6 is 0 Å². The first-order valence-corrected chi connectivity index (χ1v) is 6.57. The number of aromatic nitrogens is 1. The van der Waals surface area contributed by atoms with Crippen LogP contribution < -0.4 is 5.32 Å². The molecule has 0 saturated carbocycles. The van der Waals surface area contributed by atoms with Gasteiger partial charge in [-0.1, -0.05) is 30.3 Å². The van der Waals surface area contributed by atoms with Gasteiger partial charge in [0, 0.05) is 17.6 Å². The largest absolute Gasteiger partial charge is 0.379 e. The smallest absolute Gasteiger partial charge is 0.123 e. The highest BCUT2D eigenvalue weighted by molar-refractivity contribution is 5.90. The monoisotopic (exact) mass is 266 g/mol. The maximum absolute atomic E-state index is 12.9. The Kier molecular flexibility index (Phi) is 3.33. The molecular weight excluding hydrogens is 251 g/mol. The second kappa shape index (κ2) is 5.29. The van der Waals surface area contributed by atoms with Crippen molar-refractivity contribution in [2.24, 2.45) is 0 Å². The second-order valence-corrected chi connectivity index (χ2v) is 4.81. The maximum atomic E-state index is 12.9. The molecule has 0 radical (unpaired) electrons. The summed E-state index contributed by atoms with van der Waals surface area (Å²) in [5, 5.41) is 4.48. The molecule has 0 amide bonds. The first kappa shape index (κ1) is 12.6. The number of nitrogens with one attached hydrogen (secondary N) is 1. The fourth-order valence-electron chi connectivity index (χ4n) is 2.19. The van der Waals surface area contributed by atoms with E-state index in [2.05, 4.69) is 16.4 Å². The minimum absolute atomic E-state index is 0.212. The molecule has 0 atom stereocenters. The number of pyridine rings is 1. The molecule has 2 aromatic carbocycles. The standard InChI is InChI=1S/C17H15FN2/c1-12-5-8-14-3-2-4-16(17(14)20-12)19-11-13-6-9-15(18)10-7-13/h2-10,19H,11H2,1H3. The summed E-state index contributed by atoms with van der Waals surface area (Å²) < 4.78 is 12.9. The lowest BCUT2D eigenvalue weighted by Gasteiger charge is -2.09. The summed E-state index contributed by atoms with van der Waals surface area (Å²) in [6.45, 7) is 2.63. The topological polar surface area (TPSA) is 24.9 Å². The highest BCUT2D eigenvalue weighted by Gasteiger charge is 2.02. The van der Waals surface area contributed by atoms with Crippen molar-refractivity contribution < 1.29 is 4.39 Å². The van der Waals surface area contributed by atoms with Crippen LogP contribution in [0.4, 0.5) is 10.1 Å². The van der Waals surface area contributed by atoms with Gasteiger partial charge in [-0.05, 0) is 36.8 Å². The zero-order valence-corrected chi connectivity index (χ0v) is 11.2. The lowest BCUT2D eigenvalue weighted by molar-refractivity contribution is 0.627. The molecule has 20 heavy (non-hydrogen) atoms. The Morgan fingerprint density at radius 1 is 1.00 bits per heavy atom. The van der Waals surface area contributed by atoms with E-state index in [0.29, 0.717) is 6.54 Å². The molecule has 1 N–H and O–H groups in total. The number of nitrogens with zero attached hydrogens (tertiary/aromatic N) is 1. The van der Waals surface area contributed by atoms with Crippen molar-refractivity contribution >= 4 is 16.6 Å². The summed E-state index contributed by atoms with van der Waals surface area (Å²) in [6, 6.07) is 16.7. The maximum Gasteiger partial charge on any atom is 0.123 e. The van der Waals surface area contributed by atoms with Crippen LogP contribution in [0.2, 0.25) is 0 Å². The molecule has 0 fully saturated rings. The lowest BCUT2D eigenvalue weighted by Crippen LogP contribution is -2.01. The second-order valence-electron chi connectivity index (χ2n) is 4.81.